The molecule has 0 saturated heterocycles. The molecule has 3 nitrogen and oxygen atoms in total. The molecule has 0 aliphatic rings. The number of carbonyl (C=O) groups is 1. The Morgan fingerprint density at radius 1 is 1.53 bits per heavy atom. The zero-order chi connectivity index (χ0) is 12.8. The summed E-state index contributed by atoms with van der Waals surface area (Å²) in [5.41, 5.74) is 0.282. The third-order valence-corrected chi connectivity index (χ3v) is 3.29. The van der Waals surface area contributed by atoms with Gasteiger partial charge in [0, 0.05) is 12.7 Å². The first-order valence-electron chi connectivity index (χ1n) is 6.17. The van der Waals surface area contributed by atoms with Crippen molar-refractivity contribution in [1.82, 2.24) is 4.57 Å². The van der Waals surface area contributed by atoms with Crippen LogP contribution in [-0.2, 0) is 6.54 Å². The molecule has 1 unspecified atom stereocenters. The van der Waals surface area contributed by atoms with E-state index in [9.17, 15) is 4.79 Å². The minimum atomic E-state index is -0.915. The van der Waals surface area contributed by atoms with Crippen molar-refractivity contribution in [3.8, 4) is 0 Å². The van der Waals surface area contributed by atoms with Crippen molar-refractivity contribution in [3.05, 3.63) is 23.0 Å². The maximum absolute atomic E-state index is 11.0. The predicted octanol–water partition coefficient (Wildman–Crippen LogP) is 4.06. The number of carboxylic acids is 1. The number of carboxylic acid groups (broad SMARTS) is 1. The van der Waals surface area contributed by atoms with Crippen molar-refractivity contribution in [2.75, 3.05) is 0 Å². The van der Waals surface area contributed by atoms with E-state index in [1.807, 2.05) is 0 Å². The zero-order valence-corrected chi connectivity index (χ0v) is 11.2. The molecule has 1 N–H and O–H groups in total. The van der Waals surface area contributed by atoms with E-state index in [4.69, 9.17) is 16.7 Å². The second kappa shape index (κ2) is 6.70. The summed E-state index contributed by atoms with van der Waals surface area (Å²) in [6.45, 7) is 5.05. The second-order valence-electron chi connectivity index (χ2n) is 4.42. The Hall–Kier alpha value is -0.960. The number of hydrogen-bond acceptors (Lipinski definition) is 1. The zero-order valence-electron chi connectivity index (χ0n) is 10.4. The highest BCUT2D eigenvalue weighted by Crippen LogP contribution is 2.20. The number of nitrogens with zero attached hydrogens (tertiary/aromatic N) is 1. The lowest BCUT2D eigenvalue weighted by Gasteiger charge is -2.16. The summed E-state index contributed by atoms with van der Waals surface area (Å²) in [7, 11) is 0. The number of unbranched alkanes of at least 4 members (excludes halogenated alkanes) is 1. The van der Waals surface area contributed by atoms with Gasteiger partial charge in [-0.05, 0) is 18.4 Å². The van der Waals surface area contributed by atoms with Gasteiger partial charge in [0.2, 0.25) is 0 Å². The largest absolute Gasteiger partial charge is 0.477 e. The summed E-state index contributed by atoms with van der Waals surface area (Å²) in [5, 5.41) is 9.55. The molecule has 0 aliphatic carbocycles. The number of halogens is 1. The van der Waals surface area contributed by atoms with E-state index in [2.05, 4.69) is 13.8 Å². The first kappa shape index (κ1) is 14.1. The van der Waals surface area contributed by atoms with Gasteiger partial charge in [-0.2, -0.15) is 0 Å². The van der Waals surface area contributed by atoms with Crippen LogP contribution in [0.4, 0.5) is 0 Å². The fraction of sp³-hybridized carbons (Fsp3) is 0.615. The average Bonchev–Trinajstić information content (AvgIpc) is 2.65. The van der Waals surface area contributed by atoms with Crippen molar-refractivity contribution in [2.45, 2.75) is 46.1 Å². The van der Waals surface area contributed by atoms with Gasteiger partial charge in [0.05, 0.1) is 5.02 Å². The molecule has 0 aliphatic heterocycles. The molecule has 0 bridgehead atoms. The van der Waals surface area contributed by atoms with Crippen molar-refractivity contribution < 1.29 is 9.90 Å². The molecule has 17 heavy (non-hydrogen) atoms. The first-order valence-corrected chi connectivity index (χ1v) is 6.55. The fourth-order valence-electron chi connectivity index (χ4n) is 2.00. The highest BCUT2D eigenvalue weighted by atomic mass is 35.5. The van der Waals surface area contributed by atoms with Crippen LogP contribution in [-0.4, -0.2) is 15.6 Å². The van der Waals surface area contributed by atoms with Crippen LogP contribution in [0.2, 0.25) is 5.02 Å². The molecule has 0 aromatic carbocycles. The van der Waals surface area contributed by atoms with Crippen LogP contribution >= 0.6 is 11.6 Å². The van der Waals surface area contributed by atoms with E-state index in [0.29, 0.717) is 10.9 Å². The predicted molar refractivity (Wildman–Crippen MR) is 69.7 cm³/mol. The fourth-order valence-corrected chi connectivity index (χ4v) is 2.22. The van der Waals surface area contributed by atoms with Gasteiger partial charge in [-0.15, -0.1) is 0 Å². The monoisotopic (exact) mass is 257 g/mol. The van der Waals surface area contributed by atoms with E-state index in [0.717, 1.165) is 19.4 Å². The molecule has 1 atom stereocenters. The molecule has 96 valence electrons. The average molecular weight is 258 g/mol. The summed E-state index contributed by atoms with van der Waals surface area (Å²) >= 11 is 5.86. The lowest BCUT2D eigenvalue weighted by atomic mass is 9.99. The van der Waals surface area contributed by atoms with Gasteiger partial charge in [0.1, 0.15) is 5.69 Å². The van der Waals surface area contributed by atoms with Crippen LogP contribution in [0.3, 0.4) is 0 Å². The van der Waals surface area contributed by atoms with Gasteiger partial charge < -0.3 is 9.67 Å². The molecular weight excluding hydrogens is 238 g/mol. The van der Waals surface area contributed by atoms with E-state index >= 15 is 0 Å². The van der Waals surface area contributed by atoms with Crippen LogP contribution in [0.25, 0.3) is 0 Å². The molecule has 1 aromatic heterocycles. The first-order chi connectivity index (χ1) is 8.08. The van der Waals surface area contributed by atoms with E-state index < -0.39 is 5.97 Å². The van der Waals surface area contributed by atoms with Crippen molar-refractivity contribution in [3.63, 3.8) is 0 Å². The lowest BCUT2D eigenvalue weighted by Crippen LogP contribution is -2.14. The Kier molecular flexibility index (Phi) is 5.56. The van der Waals surface area contributed by atoms with E-state index in [1.54, 1.807) is 10.8 Å². The summed E-state index contributed by atoms with van der Waals surface area (Å²) < 4.78 is 1.76. The molecular formula is C13H20ClNO2. The molecule has 1 heterocycles. The Labute approximate surface area is 107 Å². The topological polar surface area (TPSA) is 42.2 Å². The van der Waals surface area contributed by atoms with Crippen molar-refractivity contribution in [1.29, 1.82) is 0 Å². The maximum atomic E-state index is 11.0. The standard InChI is InChI=1S/C13H20ClNO2/c1-3-5-6-10(4-2)8-15-9-11(14)7-12(15)13(16)17/h7,9-10H,3-6,8H2,1-2H3,(H,16,17). The summed E-state index contributed by atoms with van der Waals surface area (Å²) in [6.07, 6.45) is 6.28. The molecule has 1 aromatic rings. The number of hydrogen-bond donors (Lipinski definition) is 1. The molecule has 0 amide bonds. The minimum absolute atomic E-state index is 0.282. The smallest absolute Gasteiger partial charge is 0.352 e. The molecule has 1 rings (SSSR count). The van der Waals surface area contributed by atoms with Crippen LogP contribution in [0.15, 0.2) is 12.3 Å². The number of rotatable bonds is 7. The van der Waals surface area contributed by atoms with Gasteiger partial charge in [-0.25, -0.2) is 4.79 Å². The maximum Gasteiger partial charge on any atom is 0.352 e. The third-order valence-electron chi connectivity index (χ3n) is 3.08. The van der Waals surface area contributed by atoms with Crippen LogP contribution in [0.1, 0.15) is 50.0 Å². The van der Waals surface area contributed by atoms with Crippen molar-refractivity contribution >= 4 is 17.6 Å². The lowest BCUT2D eigenvalue weighted by molar-refractivity contribution is 0.0683. The summed E-state index contributed by atoms with van der Waals surface area (Å²) in [6, 6.07) is 1.51. The van der Waals surface area contributed by atoms with E-state index in [1.165, 1.54) is 18.9 Å². The Balaban J connectivity index is 2.74. The highest BCUT2D eigenvalue weighted by Gasteiger charge is 2.14. The molecule has 0 spiro atoms. The highest BCUT2D eigenvalue weighted by molar-refractivity contribution is 6.30. The van der Waals surface area contributed by atoms with Gasteiger partial charge in [-0.3, -0.25) is 0 Å². The number of aromatic carboxylic acids is 1. The van der Waals surface area contributed by atoms with Crippen molar-refractivity contribution in [2.24, 2.45) is 5.92 Å². The quantitative estimate of drug-likeness (QED) is 0.801. The van der Waals surface area contributed by atoms with E-state index in [-0.39, 0.29) is 5.69 Å². The minimum Gasteiger partial charge on any atom is -0.477 e. The summed E-state index contributed by atoms with van der Waals surface area (Å²) in [4.78, 5) is 11.0. The molecule has 0 saturated carbocycles. The van der Waals surface area contributed by atoms with Crippen LogP contribution in [0, 0.1) is 5.92 Å². The van der Waals surface area contributed by atoms with Gasteiger partial charge in [0.15, 0.2) is 0 Å². The van der Waals surface area contributed by atoms with Crippen LogP contribution in [0.5, 0.6) is 0 Å². The Morgan fingerprint density at radius 3 is 2.76 bits per heavy atom. The SMILES string of the molecule is CCCCC(CC)Cn1cc(Cl)cc1C(=O)O. The Bertz CT molecular complexity index is 373. The molecule has 0 radical (unpaired) electrons. The Morgan fingerprint density at radius 2 is 2.24 bits per heavy atom. The van der Waals surface area contributed by atoms with Gasteiger partial charge in [0.25, 0.3) is 0 Å². The van der Waals surface area contributed by atoms with Crippen LogP contribution < -0.4 is 0 Å². The second-order valence-corrected chi connectivity index (χ2v) is 4.85. The van der Waals surface area contributed by atoms with Gasteiger partial charge >= 0.3 is 5.97 Å². The summed E-state index contributed by atoms with van der Waals surface area (Å²) in [5.74, 6) is -0.390. The molecule has 4 heteroatoms. The normalized spacial score (nSPS) is 12.6. The van der Waals surface area contributed by atoms with Gasteiger partial charge in [-0.1, -0.05) is 44.7 Å². The molecule has 0 fully saturated rings. The third kappa shape index (κ3) is 4.08. The number of aromatic nitrogens is 1.